The molecular weight excluding hydrogens is 350 g/mol. The van der Waals surface area contributed by atoms with E-state index >= 15 is 0 Å². The number of aryl methyl sites for hydroxylation is 1. The van der Waals surface area contributed by atoms with E-state index < -0.39 is 0 Å². The van der Waals surface area contributed by atoms with Gasteiger partial charge in [-0.2, -0.15) is 0 Å². The zero-order chi connectivity index (χ0) is 19.6. The molecule has 1 radical (unpaired) electrons. The number of hydrogen-bond acceptors (Lipinski definition) is 3. The number of nitrogens with one attached hydrogen (secondary N) is 1. The van der Waals surface area contributed by atoms with E-state index in [9.17, 15) is 9.59 Å². The van der Waals surface area contributed by atoms with Gasteiger partial charge < -0.3 is 9.73 Å². The minimum Gasteiger partial charge on any atom is -0.453 e. The van der Waals surface area contributed by atoms with E-state index in [0.717, 1.165) is 25.7 Å². The van der Waals surface area contributed by atoms with Crippen LogP contribution in [0.2, 0.25) is 0 Å². The maximum Gasteiger partial charge on any atom is 0.224 e. The van der Waals surface area contributed by atoms with Gasteiger partial charge in [-0.3, -0.25) is 9.59 Å². The second kappa shape index (κ2) is 10.5. The molecule has 0 aliphatic heterocycles. The molecule has 28 heavy (non-hydrogen) atoms. The van der Waals surface area contributed by atoms with Crippen LogP contribution in [0.1, 0.15) is 50.5 Å². The normalized spacial score (nSPS) is 10.9. The van der Waals surface area contributed by atoms with Gasteiger partial charge in [-0.25, -0.2) is 0 Å². The molecule has 1 N–H and O–H groups in total. The molecule has 0 aliphatic carbocycles. The third kappa shape index (κ3) is 6.08. The first-order valence-electron chi connectivity index (χ1n) is 10.00. The Labute approximate surface area is 165 Å². The highest BCUT2D eigenvalue weighted by atomic mass is 16.3. The van der Waals surface area contributed by atoms with E-state index in [0.29, 0.717) is 23.1 Å². The highest BCUT2D eigenvalue weighted by Crippen LogP contribution is 2.17. The van der Waals surface area contributed by atoms with E-state index in [1.54, 1.807) is 18.2 Å². The van der Waals surface area contributed by atoms with Gasteiger partial charge in [0.25, 0.3) is 0 Å². The summed E-state index contributed by atoms with van der Waals surface area (Å²) >= 11 is 0. The Balaban J connectivity index is 1.29. The third-order valence-corrected chi connectivity index (χ3v) is 4.85. The van der Waals surface area contributed by atoms with Crippen molar-refractivity contribution >= 4 is 22.6 Å². The fourth-order valence-electron chi connectivity index (χ4n) is 3.30. The Morgan fingerprint density at radius 1 is 0.929 bits per heavy atom. The highest BCUT2D eigenvalue weighted by molar-refractivity contribution is 5.93. The van der Waals surface area contributed by atoms with Gasteiger partial charge in [0.05, 0.1) is 5.39 Å². The SMILES string of the molecule is O=C(CCCCCCCCc1ccccc1)Nc1ccc2o[c]cc(=O)c2c1. The average Bonchev–Trinajstić information content (AvgIpc) is 2.71. The van der Waals surface area contributed by atoms with Gasteiger partial charge in [0.1, 0.15) is 5.58 Å². The van der Waals surface area contributed by atoms with Crippen molar-refractivity contribution in [3.63, 3.8) is 0 Å². The molecule has 1 heterocycles. The van der Waals surface area contributed by atoms with Gasteiger partial charge in [-0.1, -0.05) is 56.0 Å². The van der Waals surface area contributed by atoms with Gasteiger partial charge in [-0.15, -0.1) is 0 Å². The van der Waals surface area contributed by atoms with Gasteiger partial charge in [-0.05, 0) is 43.0 Å². The zero-order valence-electron chi connectivity index (χ0n) is 16.1. The average molecular weight is 376 g/mol. The van der Waals surface area contributed by atoms with Crippen LogP contribution in [-0.4, -0.2) is 5.91 Å². The van der Waals surface area contributed by atoms with E-state index in [1.807, 2.05) is 0 Å². The lowest BCUT2D eigenvalue weighted by atomic mass is 10.0. The molecule has 0 unspecified atom stereocenters. The van der Waals surface area contributed by atoms with Crippen molar-refractivity contribution in [2.75, 3.05) is 5.32 Å². The summed E-state index contributed by atoms with van der Waals surface area (Å²) in [6, 6.07) is 16.9. The number of rotatable bonds is 10. The largest absolute Gasteiger partial charge is 0.453 e. The van der Waals surface area contributed by atoms with Crippen LogP contribution in [0.5, 0.6) is 0 Å². The summed E-state index contributed by atoms with van der Waals surface area (Å²) < 4.78 is 5.16. The Bertz CT molecular complexity index is 947. The topological polar surface area (TPSA) is 59.3 Å². The molecule has 1 aromatic heterocycles. The monoisotopic (exact) mass is 376 g/mol. The number of unbranched alkanes of at least 4 members (excludes halogenated alkanes) is 5. The molecule has 0 fully saturated rings. The first-order valence-corrected chi connectivity index (χ1v) is 10.00. The fraction of sp³-hybridized carbons (Fsp3) is 0.333. The number of carbonyl (C=O) groups is 1. The molecule has 0 aliphatic rings. The molecule has 0 atom stereocenters. The summed E-state index contributed by atoms with van der Waals surface area (Å²) in [6.07, 6.45) is 10.9. The molecule has 0 spiro atoms. The molecule has 145 valence electrons. The smallest absolute Gasteiger partial charge is 0.224 e. The van der Waals surface area contributed by atoms with Gasteiger partial charge in [0.15, 0.2) is 11.7 Å². The van der Waals surface area contributed by atoms with Crippen LogP contribution in [0.25, 0.3) is 11.0 Å². The van der Waals surface area contributed by atoms with Crippen LogP contribution < -0.4 is 10.7 Å². The molecule has 3 aromatic rings. The van der Waals surface area contributed by atoms with Crippen molar-refractivity contribution in [1.82, 2.24) is 0 Å². The lowest BCUT2D eigenvalue weighted by molar-refractivity contribution is -0.116. The standard InChI is InChI=1S/C24H26NO3/c26-22-16-17-28-23-15-14-20(18-21(22)23)25-24(27)13-9-4-2-1-3-6-10-19-11-7-5-8-12-19/h5,7-8,11-12,14-16,18H,1-4,6,9-10,13H2,(H,25,27). The first-order chi connectivity index (χ1) is 13.7. The first kappa shape index (κ1) is 19.9. The molecule has 2 aromatic carbocycles. The van der Waals surface area contributed by atoms with E-state index in [-0.39, 0.29) is 11.3 Å². The van der Waals surface area contributed by atoms with Crippen LogP contribution >= 0.6 is 0 Å². The maximum atomic E-state index is 12.1. The molecule has 4 nitrogen and oxygen atoms in total. The summed E-state index contributed by atoms with van der Waals surface area (Å²) in [5, 5.41) is 3.31. The Morgan fingerprint density at radius 3 is 2.50 bits per heavy atom. The number of anilines is 1. The van der Waals surface area contributed by atoms with Crippen molar-refractivity contribution in [1.29, 1.82) is 0 Å². The molecule has 0 saturated carbocycles. The van der Waals surface area contributed by atoms with E-state index in [1.165, 1.54) is 30.9 Å². The Morgan fingerprint density at radius 2 is 1.68 bits per heavy atom. The predicted molar refractivity (Wildman–Crippen MR) is 112 cm³/mol. The van der Waals surface area contributed by atoms with Crippen molar-refractivity contribution in [3.05, 3.63) is 76.6 Å². The van der Waals surface area contributed by atoms with Gasteiger partial charge in [0.2, 0.25) is 5.91 Å². The number of fused-ring (bicyclic) bond motifs is 1. The van der Waals surface area contributed by atoms with Crippen molar-refractivity contribution in [2.24, 2.45) is 0 Å². The molecule has 1 amide bonds. The second-order valence-electron chi connectivity index (χ2n) is 7.09. The lowest BCUT2D eigenvalue weighted by Gasteiger charge is -2.06. The fourth-order valence-corrected chi connectivity index (χ4v) is 3.30. The minimum atomic E-state index is -0.162. The number of hydrogen-bond donors (Lipinski definition) is 1. The number of benzene rings is 2. The van der Waals surface area contributed by atoms with Crippen LogP contribution in [0.4, 0.5) is 5.69 Å². The summed E-state index contributed by atoms with van der Waals surface area (Å²) in [5.74, 6) is -0.0182. The predicted octanol–water partition coefficient (Wildman–Crippen LogP) is 5.51. The van der Waals surface area contributed by atoms with Crippen LogP contribution in [0.15, 0.2) is 63.8 Å². The summed E-state index contributed by atoms with van der Waals surface area (Å²) in [6.45, 7) is 0. The second-order valence-corrected chi connectivity index (χ2v) is 7.09. The maximum absolute atomic E-state index is 12.1. The highest BCUT2D eigenvalue weighted by Gasteiger charge is 2.06. The summed E-state index contributed by atoms with van der Waals surface area (Å²) in [7, 11) is 0. The number of carbonyl (C=O) groups excluding carboxylic acids is 1. The van der Waals surface area contributed by atoms with Crippen molar-refractivity contribution < 1.29 is 9.21 Å². The summed E-state index contributed by atoms with van der Waals surface area (Å²) in [5.41, 5.74) is 2.34. The van der Waals surface area contributed by atoms with E-state index in [2.05, 4.69) is 41.9 Å². The molecule has 4 heteroatoms. The quantitative estimate of drug-likeness (QED) is 0.475. The van der Waals surface area contributed by atoms with Gasteiger partial charge >= 0.3 is 0 Å². The Kier molecular flexibility index (Phi) is 7.42. The zero-order valence-corrected chi connectivity index (χ0v) is 16.1. The minimum absolute atomic E-state index is 0.0182. The van der Waals surface area contributed by atoms with Crippen LogP contribution in [-0.2, 0) is 11.2 Å². The van der Waals surface area contributed by atoms with Gasteiger partial charge in [0, 0.05) is 18.2 Å². The molecule has 0 bridgehead atoms. The molecule has 0 saturated heterocycles. The molecular formula is C24H26NO3. The lowest BCUT2D eigenvalue weighted by Crippen LogP contribution is -2.11. The molecule has 3 rings (SSSR count). The number of amides is 1. The summed E-state index contributed by atoms with van der Waals surface area (Å²) in [4.78, 5) is 23.9. The van der Waals surface area contributed by atoms with E-state index in [4.69, 9.17) is 4.42 Å². The van der Waals surface area contributed by atoms with Crippen molar-refractivity contribution in [2.45, 2.75) is 51.4 Å². The third-order valence-electron chi connectivity index (χ3n) is 4.85. The van der Waals surface area contributed by atoms with Crippen LogP contribution in [0, 0.1) is 6.26 Å². The Hall–Kier alpha value is -2.88. The van der Waals surface area contributed by atoms with Crippen LogP contribution in [0.3, 0.4) is 0 Å². The van der Waals surface area contributed by atoms with Crippen molar-refractivity contribution in [3.8, 4) is 0 Å².